The van der Waals surface area contributed by atoms with Crippen molar-refractivity contribution < 1.29 is 37.3 Å². The van der Waals surface area contributed by atoms with Crippen LogP contribution in [0.1, 0.15) is 35.4 Å². The molecule has 0 bridgehead atoms. The molecule has 33 heavy (non-hydrogen) atoms. The van der Waals surface area contributed by atoms with E-state index in [2.05, 4.69) is 10.1 Å². The first-order valence-corrected chi connectivity index (χ1v) is 10.3. The number of hydrogen-bond donors (Lipinski definition) is 1. The first-order chi connectivity index (χ1) is 15.6. The van der Waals surface area contributed by atoms with Gasteiger partial charge in [-0.25, -0.2) is 4.79 Å². The molecule has 1 atom stereocenters. The van der Waals surface area contributed by atoms with Crippen LogP contribution in [0.3, 0.4) is 0 Å². The number of carboxylic acids is 1. The van der Waals surface area contributed by atoms with E-state index in [-0.39, 0.29) is 17.6 Å². The van der Waals surface area contributed by atoms with Gasteiger partial charge in [-0.1, -0.05) is 6.07 Å². The van der Waals surface area contributed by atoms with Gasteiger partial charge in [-0.3, -0.25) is 14.5 Å². The Morgan fingerprint density at radius 2 is 1.97 bits per heavy atom. The Labute approximate surface area is 188 Å². The number of aryl methyl sites for hydroxylation is 1. The summed E-state index contributed by atoms with van der Waals surface area (Å²) in [5.74, 6) is -2.76. The molecule has 2 fully saturated rings. The number of likely N-dealkylation sites (tertiary alicyclic amines) is 1. The van der Waals surface area contributed by atoms with Crippen molar-refractivity contribution in [3.8, 4) is 0 Å². The van der Waals surface area contributed by atoms with E-state index in [0.717, 1.165) is 25.0 Å². The lowest BCUT2D eigenvalue weighted by atomic mass is 9.88. The van der Waals surface area contributed by atoms with Gasteiger partial charge in [-0.2, -0.15) is 18.3 Å². The number of piperidine rings is 1. The summed E-state index contributed by atoms with van der Waals surface area (Å²) in [6.45, 7) is 2.51. The maximum atomic E-state index is 12.5. The molecule has 4 heterocycles. The first kappa shape index (κ1) is 24.6. The molecule has 1 N–H and O–H groups in total. The summed E-state index contributed by atoms with van der Waals surface area (Å²) in [6.07, 6.45) is 1.15. The van der Waals surface area contributed by atoms with E-state index in [1.807, 2.05) is 30.1 Å². The van der Waals surface area contributed by atoms with Gasteiger partial charge < -0.3 is 19.5 Å². The molecule has 0 aliphatic carbocycles. The number of alkyl halides is 3. The predicted octanol–water partition coefficient (Wildman–Crippen LogP) is 2.43. The molecule has 4 rings (SSSR count). The highest BCUT2D eigenvalue weighted by Gasteiger charge is 2.44. The van der Waals surface area contributed by atoms with Gasteiger partial charge in [0.1, 0.15) is 5.69 Å². The topological polar surface area (TPSA) is 107 Å². The van der Waals surface area contributed by atoms with Crippen LogP contribution in [-0.4, -0.2) is 74.2 Å². The Bertz CT molecular complexity index is 943. The third-order valence-corrected chi connectivity index (χ3v) is 5.51. The van der Waals surface area contributed by atoms with Crippen LogP contribution >= 0.6 is 0 Å². The van der Waals surface area contributed by atoms with E-state index in [1.165, 1.54) is 0 Å². The number of carbonyl (C=O) groups is 2. The zero-order valence-electron chi connectivity index (χ0n) is 18.0. The largest absolute Gasteiger partial charge is 0.490 e. The van der Waals surface area contributed by atoms with Crippen molar-refractivity contribution in [2.75, 3.05) is 19.7 Å². The van der Waals surface area contributed by atoms with Gasteiger partial charge in [0.2, 0.25) is 0 Å². The number of ether oxygens (including phenoxy) is 2. The van der Waals surface area contributed by atoms with Crippen molar-refractivity contribution in [2.24, 2.45) is 7.05 Å². The molecule has 180 valence electrons. The fourth-order valence-electron chi connectivity index (χ4n) is 3.75. The molecule has 2 aromatic rings. The number of aliphatic carboxylic acids is 1. The van der Waals surface area contributed by atoms with Crippen molar-refractivity contribution in [1.29, 1.82) is 0 Å². The second-order valence-corrected chi connectivity index (χ2v) is 7.92. The number of pyridine rings is 1. The third kappa shape index (κ3) is 6.75. The summed E-state index contributed by atoms with van der Waals surface area (Å²) in [7, 11) is 1.82. The SMILES string of the molecule is Cn1ccc(C(=O)N2CCC3(CC2)CC(OCc2ccccn2)CO3)n1.O=C(O)C(F)(F)F. The second-order valence-electron chi connectivity index (χ2n) is 7.92. The van der Waals surface area contributed by atoms with Crippen LogP contribution in [0.2, 0.25) is 0 Å². The minimum Gasteiger partial charge on any atom is -0.475 e. The van der Waals surface area contributed by atoms with Gasteiger partial charge in [0.25, 0.3) is 5.91 Å². The number of halogens is 3. The van der Waals surface area contributed by atoms with Crippen molar-refractivity contribution in [3.05, 3.63) is 48.0 Å². The van der Waals surface area contributed by atoms with Gasteiger partial charge in [0, 0.05) is 39.0 Å². The average molecular weight is 470 g/mol. The molecule has 12 heteroatoms. The van der Waals surface area contributed by atoms with E-state index in [1.54, 1.807) is 23.1 Å². The molecule has 1 unspecified atom stereocenters. The summed E-state index contributed by atoms with van der Waals surface area (Å²) in [4.78, 5) is 27.6. The molecule has 2 aromatic heterocycles. The number of hydrogen-bond acceptors (Lipinski definition) is 6. The van der Waals surface area contributed by atoms with Crippen molar-refractivity contribution in [3.63, 3.8) is 0 Å². The summed E-state index contributed by atoms with van der Waals surface area (Å²) in [5.41, 5.74) is 1.28. The molecular weight excluding hydrogens is 445 g/mol. The highest BCUT2D eigenvalue weighted by atomic mass is 19.4. The molecule has 0 radical (unpaired) electrons. The van der Waals surface area contributed by atoms with Crippen molar-refractivity contribution >= 4 is 11.9 Å². The lowest BCUT2D eigenvalue weighted by Gasteiger charge is -2.38. The standard InChI is InChI=1S/C19H24N4O3.C2HF3O2/c1-22-9-5-17(21-22)18(24)23-10-6-19(7-11-23)12-16(14-26-19)25-13-15-4-2-3-8-20-15;3-2(4,5)1(6)7/h2-5,8-9,16H,6-7,10-14H2,1H3;(H,6,7). The Morgan fingerprint density at radius 1 is 1.27 bits per heavy atom. The van der Waals surface area contributed by atoms with Gasteiger partial charge in [0.05, 0.1) is 30.6 Å². The maximum absolute atomic E-state index is 12.5. The number of aromatic nitrogens is 3. The average Bonchev–Trinajstić information content (AvgIpc) is 3.39. The highest BCUT2D eigenvalue weighted by molar-refractivity contribution is 5.92. The van der Waals surface area contributed by atoms with Crippen LogP contribution in [0.15, 0.2) is 36.7 Å². The van der Waals surface area contributed by atoms with Crippen molar-refractivity contribution in [2.45, 2.75) is 43.8 Å². The van der Waals surface area contributed by atoms with Crippen LogP contribution < -0.4 is 0 Å². The molecule has 2 saturated heterocycles. The second kappa shape index (κ2) is 10.3. The summed E-state index contributed by atoms with van der Waals surface area (Å²) in [6, 6.07) is 7.59. The van der Waals surface area contributed by atoms with E-state index in [9.17, 15) is 18.0 Å². The molecule has 1 spiro atoms. The van der Waals surface area contributed by atoms with E-state index in [0.29, 0.717) is 32.0 Å². The quantitative estimate of drug-likeness (QED) is 0.732. The number of amides is 1. The Morgan fingerprint density at radius 3 is 2.52 bits per heavy atom. The van der Waals surface area contributed by atoms with Gasteiger partial charge in [0.15, 0.2) is 0 Å². The lowest BCUT2D eigenvalue weighted by molar-refractivity contribution is -0.192. The number of carboxylic acid groups (broad SMARTS) is 1. The molecular formula is C21H25F3N4O5. The Balaban J connectivity index is 0.000000383. The predicted molar refractivity (Wildman–Crippen MR) is 108 cm³/mol. The first-order valence-electron chi connectivity index (χ1n) is 10.3. The minimum atomic E-state index is -5.08. The highest BCUT2D eigenvalue weighted by Crippen LogP contribution is 2.37. The van der Waals surface area contributed by atoms with Gasteiger partial charge in [-0.05, 0) is 31.0 Å². The minimum absolute atomic E-state index is 0.00130. The molecule has 2 aliphatic heterocycles. The van der Waals surface area contributed by atoms with Crippen LogP contribution in [0.25, 0.3) is 0 Å². The van der Waals surface area contributed by atoms with Crippen LogP contribution in [0, 0.1) is 0 Å². The van der Waals surface area contributed by atoms with Crippen LogP contribution in [0.4, 0.5) is 13.2 Å². The third-order valence-electron chi connectivity index (χ3n) is 5.51. The molecule has 9 nitrogen and oxygen atoms in total. The summed E-state index contributed by atoms with van der Waals surface area (Å²) < 4.78 is 45.5. The molecule has 0 aromatic carbocycles. The van der Waals surface area contributed by atoms with E-state index in [4.69, 9.17) is 19.4 Å². The van der Waals surface area contributed by atoms with Gasteiger partial charge in [-0.15, -0.1) is 0 Å². The van der Waals surface area contributed by atoms with Crippen molar-refractivity contribution in [1.82, 2.24) is 19.7 Å². The summed E-state index contributed by atoms with van der Waals surface area (Å²) >= 11 is 0. The van der Waals surface area contributed by atoms with E-state index >= 15 is 0 Å². The van der Waals surface area contributed by atoms with Crippen LogP contribution in [-0.2, 0) is 27.9 Å². The number of nitrogens with zero attached hydrogens (tertiary/aromatic N) is 4. The van der Waals surface area contributed by atoms with E-state index < -0.39 is 12.1 Å². The van der Waals surface area contributed by atoms with Gasteiger partial charge >= 0.3 is 12.1 Å². The zero-order valence-corrected chi connectivity index (χ0v) is 18.0. The number of carbonyl (C=O) groups excluding carboxylic acids is 1. The smallest absolute Gasteiger partial charge is 0.475 e. The van der Waals surface area contributed by atoms with Crippen LogP contribution in [0.5, 0.6) is 0 Å². The summed E-state index contributed by atoms with van der Waals surface area (Å²) in [5, 5.41) is 11.3. The fraction of sp³-hybridized carbons (Fsp3) is 0.524. The normalized spacial score (nSPS) is 19.8. The molecule has 0 saturated carbocycles. The molecule has 2 aliphatic rings. The number of rotatable bonds is 4. The Kier molecular flexibility index (Phi) is 7.69. The maximum Gasteiger partial charge on any atom is 0.490 e. The monoisotopic (exact) mass is 470 g/mol. The lowest BCUT2D eigenvalue weighted by Crippen LogP contribution is -2.46. The fourth-order valence-corrected chi connectivity index (χ4v) is 3.75. The molecule has 1 amide bonds. The zero-order chi connectivity index (χ0) is 24.1. The Hall–Kier alpha value is -2.99.